The second-order valence-electron chi connectivity index (χ2n) is 9.02. The first-order chi connectivity index (χ1) is 16.5. The molecule has 34 heavy (non-hydrogen) atoms. The molecule has 2 aromatic rings. The van der Waals surface area contributed by atoms with Crippen molar-refractivity contribution in [3.63, 3.8) is 0 Å². The number of hydrogen-bond acceptors (Lipinski definition) is 5. The topological polar surface area (TPSA) is 71.5 Å². The molecule has 2 aliphatic carbocycles. The predicted octanol–water partition coefficient (Wildman–Crippen LogP) is 6.42. The lowest BCUT2D eigenvalue weighted by Gasteiger charge is -2.37. The van der Waals surface area contributed by atoms with Gasteiger partial charge in [-0.25, -0.2) is 0 Å². The highest BCUT2D eigenvalue weighted by atomic mass is 35.5. The van der Waals surface area contributed by atoms with Crippen molar-refractivity contribution in [2.24, 2.45) is 0 Å². The van der Waals surface area contributed by atoms with E-state index in [1.165, 1.54) is 6.42 Å². The summed E-state index contributed by atoms with van der Waals surface area (Å²) in [7, 11) is 0. The maximum atomic E-state index is 13.9. The summed E-state index contributed by atoms with van der Waals surface area (Å²) in [6.45, 7) is 2.48. The summed E-state index contributed by atoms with van der Waals surface area (Å²) in [6.07, 6.45) is 9.05. The molecule has 2 saturated carbocycles. The smallest absolute Gasteiger partial charge is 0.276 e. The van der Waals surface area contributed by atoms with Crippen molar-refractivity contribution in [3.8, 4) is 5.75 Å². The zero-order chi connectivity index (χ0) is 24.1. The molecule has 1 aromatic carbocycles. The van der Waals surface area contributed by atoms with Crippen LogP contribution < -0.4 is 10.1 Å². The molecule has 9 heteroatoms. The molecule has 1 N–H and O–H groups in total. The van der Waals surface area contributed by atoms with Crippen LogP contribution in [-0.4, -0.2) is 39.8 Å². The lowest BCUT2D eigenvalue weighted by Crippen LogP contribution is -2.50. The first kappa shape index (κ1) is 25.3. The van der Waals surface area contributed by atoms with Crippen LogP contribution in [0, 0.1) is 0 Å². The molecule has 1 atom stereocenters. The third kappa shape index (κ3) is 5.69. The summed E-state index contributed by atoms with van der Waals surface area (Å²) >= 11 is 13.5. The van der Waals surface area contributed by atoms with E-state index in [4.69, 9.17) is 27.9 Å². The molecule has 0 bridgehead atoms. The van der Waals surface area contributed by atoms with Crippen molar-refractivity contribution >= 4 is 46.5 Å². The standard InChI is InChI=1S/C25H31Cl2N3O3S/c1-2-33-19-14-12-16(13-15-19)22(24(31)28-17-8-4-3-5-9-17)30(18-10-6-7-11-18)25(32)21-20(26)23(27)34-29-21/h12-15,17-18,22H,2-11H2,1H3,(H,28,31)/t22-/m1/s1. The van der Waals surface area contributed by atoms with Crippen LogP contribution in [0.2, 0.25) is 9.36 Å². The van der Waals surface area contributed by atoms with Gasteiger partial charge in [-0.1, -0.05) is 67.4 Å². The minimum Gasteiger partial charge on any atom is -0.494 e. The fourth-order valence-electron chi connectivity index (χ4n) is 5.07. The zero-order valence-electron chi connectivity index (χ0n) is 19.4. The highest BCUT2D eigenvalue weighted by molar-refractivity contribution is 7.11. The number of benzene rings is 1. The highest BCUT2D eigenvalue weighted by Crippen LogP contribution is 2.37. The van der Waals surface area contributed by atoms with E-state index in [1.54, 1.807) is 4.90 Å². The summed E-state index contributed by atoms with van der Waals surface area (Å²) in [5.74, 6) is 0.220. The SMILES string of the molecule is CCOc1ccc([C@H](C(=O)NC2CCCCC2)N(C(=O)c2nsc(Cl)c2Cl)C2CCCC2)cc1. The molecular weight excluding hydrogens is 493 g/mol. The molecule has 2 amide bonds. The second-order valence-corrected chi connectivity index (χ2v) is 10.8. The van der Waals surface area contributed by atoms with Crippen molar-refractivity contribution in [2.75, 3.05) is 6.61 Å². The lowest BCUT2D eigenvalue weighted by atomic mass is 9.94. The summed E-state index contributed by atoms with van der Waals surface area (Å²) in [5, 5.41) is 3.40. The van der Waals surface area contributed by atoms with Gasteiger partial charge in [-0.2, -0.15) is 4.37 Å². The van der Waals surface area contributed by atoms with Gasteiger partial charge in [0.2, 0.25) is 5.91 Å². The van der Waals surface area contributed by atoms with Gasteiger partial charge in [0, 0.05) is 12.1 Å². The third-order valence-electron chi connectivity index (χ3n) is 6.74. The van der Waals surface area contributed by atoms with Crippen LogP contribution in [0.25, 0.3) is 0 Å². The largest absolute Gasteiger partial charge is 0.494 e. The lowest BCUT2D eigenvalue weighted by molar-refractivity contribution is -0.127. The van der Waals surface area contributed by atoms with Crippen molar-refractivity contribution in [2.45, 2.75) is 82.8 Å². The highest BCUT2D eigenvalue weighted by Gasteiger charge is 2.40. The van der Waals surface area contributed by atoms with Crippen LogP contribution in [0.15, 0.2) is 24.3 Å². The van der Waals surface area contributed by atoms with Crippen LogP contribution in [0.1, 0.15) is 86.8 Å². The van der Waals surface area contributed by atoms with Crippen molar-refractivity contribution in [3.05, 3.63) is 44.9 Å². The fourth-order valence-corrected chi connectivity index (χ4v) is 6.06. The van der Waals surface area contributed by atoms with E-state index in [1.807, 2.05) is 31.2 Å². The summed E-state index contributed by atoms with van der Waals surface area (Å²) in [5.41, 5.74) is 0.861. The molecule has 0 aliphatic heterocycles. The fraction of sp³-hybridized carbons (Fsp3) is 0.560. The van der Waals surface area contributed by atoms with Gasteiger partial charge < -0.3 is 15.0 Å². The van der Waals surface area contributed by atoms with Gasteiger partial charge in [0.25, 0.3) is 5.91 Å². The van der Waals surface area contributed by atoms with Gasteiger partial charge in [0.05, 0.1) is 6.61 Å². The summed E-state index contributed by atoms with van der Waals surface area (Å²) in [4.78, 5) is 29.4. The van der Waals surface area contributed by atoms with Crippen molar-refractivity contribution in [1.29, 1.82) is 0 Å². The van der Waals surface area contributed by atoms with Crippen LogP contribution in [0.4, 0.5) is 0 Å². The van der Waals surface area contributed by atoms with E-state index in [0.29, 0.717) is 6.61 Å². The monoisotopic (exact) mass is 523 g/mol. The number of ether oxygens (including phenoxy) is 1. The molecule has 4 rings (SSSR count). The number of nitrogens with one attached hydrogen (secondary N) is 1. The maximum absolute atomic E-state index is 13.9. The van der Waals surface area contributed by atoms with Crippen molar-refractivity contribution < 1.29 is 14.3 Å². The second kappa shape index (κ2) is 11.7. The third-order valence-corrected chi connectivity index (χ3v) is 8.35. The molecule has 0 spiro atoms. The Hall–Kier alpha value is -1.83. The molecule has 0 saturated heterocycles. The molecular formula is C25H31Cl2N3O3S. The van der Waals surface area contributed by atoms with Gasteiger partial charge in [-0.05, 0) is 61.8 Å². The number of nitrogens with zero attached hydrogens (tertiary/aromatic N) is 2. The Balaban J connectivity index is 1.72. The van der Waals surface area contributed by atoms with Crippen LogP contribution in [0.3, 0.4) is 0 Å². The van der Waals surface area contributed by atoms with Gasteiger partial charge in [-0.3, -0.25) is 9.59 Å². The predicted molar refractivity (Wildman–Crippen MR) is 136 cm³/mol. The van der Waals surface area contributed by atoms with Gasteiger partial charge >= 0.3 is 0 Å². The molecule has 1 aromatic heterocycles. The number of amides is 2. The number of hydrogen-bond donors (Lipinski definition) is 1. The average Bonchev–Trinajstić information content (AvgIpc) is 3.49. The Morgan fingerprint density at radius 3 is 2.32 bits per heavy atom. The molecule has 1 heterocycles. The first-order valence-corrected chi connectivity index (χ1v) is 13.7. The maximum Gasteiger partial charge on any atom is 0.276 e. The first-order valence-electron chi connectivity index (χ1n) is 12.2. The molecule has 2 aliphatic rings. The van der Waals surface area contributed by atoms with E-state index in [2.05, 4.69) is 9.69 Å². The molecule has 184 valence electrons. The van der Waals surface area contributed by atoms with Gasteiger partial charge in [0.15, 0.2) is 5.69 Å². The summed E-state index contributed by atoms with van der Waals surface area (Å²) < 4.78 is 10.1. The van der Waals surface area contributed by atoms with E-state index >= 15 is 0 Å². The number of halogens is 2. The van der Waals surface area contributed by atoms with Gasteiger partial charge in [-0.15, -0.1) is 0 Å². The van der Waals surface area contributed by atoms with E-state index in [0.717, 1.165) is 74.2 Å². The molecule has 0 radical (unpaired) electrons. The molecule has 6 nitrogen and oxygen atoms in total. The number of aromatic nitrogens is 1. The Bertz CT molecular complexity index is 986. The Kier molecular flexibility index (Phi) is 8.72. The van der Waals surface area contributed by atoms with E-state index in [-0.39, 0.29) is 39.0 Å². The Morgan fingerprint density at radius 1 is 1.09 bits per heavy atom. The van der Waals surface area contributed by atoms with E-state index < -0.39 is 6.04 Å². The zero-order valence-corrected chi connectivity index (χ0v) is 21.7. The minimum absolute atomic E-state index is 0.0716. The average molecular weight is 525 g/mol. The molecule has 2 fully saturated rings. The summed E-state index contributed by atoms with van der Waals surface area (Å²) in [6, 6.07) is 6.72. The minimum atomic E-state index is -0.787. The van der Waals surface area contributed by atoms with Crippen molar-refractivity contribution in [1.82, 2.24) is 14.6 Å². The number of carbonyl (C=O) groups excluding carboxylic acids is 2. The molecule has 0 unspecified atom stereocenters. The number of rotatable bonds is 8. The van der Waals surface area contributed by atoms with Crippen LogP contribution >= 0.6 is 34.7 Å². The Labute approximate surface area is 215 Å². The van der Waals surface area contributed by atoms with E-state index in [9.17, 15) is 9.59 Å². The number of carbonyl (C=O) groups is 2. The van der Waals surface area contributed by atoms with Crippen LogP contribution in [0.5, 0.6) is 5.75 Å². The Morgan fingerprint density at radius 2 is 1.74 bits per heavy atom. The normalized spacial score (nSPS) is 18.0. The quantitative estimate of drug-likeness (QED) is 0.433. The van der Waals surface area contributed by atoms with Gasteiger partial charge in [0.1, 0.15) is 21.2 Å². The van der Waals surface area contributed by atoms with Crippen LogP contribution in [-0.2, 0) is 4.79 Å².